The Morgan fingerprint density at radius 3 is 2.65 bits per heavy atom. The Bertz CT molecular complexity index is 370. The van der Waals surface area contributed by atoms with E-state index in [1.54, 1.807) is 0 Å². The van der Waals surface area contributed by atoms with E-state index in [-0.39, 0.29) is 10.00 Å². The van der Waals surface area contributed by atoms with E-state index in [1.807, 2.05) is 18.2 Å². The summed E-state index contributed by atoms with van der Waals surface area (Å²) in [5.74, 6) is 0. The summed E-state index contributed by atoms with van der Waals surface area (Å²) in [6.07, 6.45) is 0.929. The molecule has 1 aromatic carbocycles. The van der Waals surface area contributed by atoms with Crippen molar-refractivity contribution in [3.8, 4) is 0 Å². The van der Waals surface area contributed by atoms with Crippen LogP contribution in [0.5, 0.6) is 0 Å². The Hall–Kier alpha value is -0.510. The summed E-state index contributed by atoms with van der Waals surface area (Å²) in [6.45, 7) is 6.07. The molecule has 1 aliphatic heterocycles. The number of nitrogens with zero attached hydrogens (tertiary/aromatic N) is 1. The molecule has 2 nitrogen and oxygen atoms in total. The maximum atomic E-state index is 12.7. The predicted molar refractivity (Wildman–Crippen MR) is 73.5 cm³/mol. The fourth-order valence-corrected chi connectivity index (χ4v) is 5.02. The van der Waals surface area contributed by atoms with E-state index in [0.29, 0.717) is 0 Å². The Labute approximate surface area is 107 Å². The molecule has 0 bridgehead atoms. The average molecular weight is 251 g/mol. The molecule has 0 aliphatic carbocycles. The van der Waals surface area contributed by atoms with Gasteiger partial charge in [-0.1, -0.05) is 37.3 Å². The Morgan fingerprint density at radius 2 is 2.06 bits per heavy atom. The van der Waals surface area contributed by atoms with E-state index in [1.165, 1.54) is 5.56 Å². The van der Waals surface area contributed by atoms with E-state index in [2.05, 4.69) is 37.9 Å². The predicted octanol–water partition coefficient (Wildman–Crippen LogP) is 2.37. The molecule has 0 spiro atoms. The van der Waals surface area contributed by atoms with Gasteiger partial charge in [-0.2, -0.15) is 0 Å². The molecule has 0 unspecified atom stereocenters. The fourth-order valence-electron chi connectivity index (χ4n) is 2.86. The number of likely N-dealkylation sites (N-methyl/N-ethyl adjacent to an activating group) is 1. The summed E-state index contributed by atoms with van der Waals surface area (Å²) in [5.41, 5.74) is 1.22. The lowest BCUT2D eigenvalue weighted by atomic mass is 9.94. The van der Waals surface area contributed by atoms with Crippen molar-refractivity contribution in [3.05, 3.63) is 35.9 Å². The molecule has 1 aromatic rings. The Morgan fingerprint density at radius 1 is 1.41 bits per heavy atom. The summed E-state index contributed by atoms with van der Waals surface area (Å²) in [5, 5.41) is 0.244. The summed E-state index contributed by atoms with van der Waals surface area (Å²) in [7, 11) is 2.13. The minimum Gasteiger partial charge on any atom is -0.615 e. The van der Waals surface area contributed by atoms with Crippen molar-refractivity contribution in [2.75, 3.05) is 20.1 Å². The molecule has 0 radical (unpaired) electrons. The lowest BCUT2D eigenvalue weighted by Crippen LogP contribution is -2.56. The summed E-state index contributed by atoms with van der Waals surface area (Å²) < 4.78 is 12.5. The standard InChI is InChI=1S/C14H21NOS/c1-4-14(13-8-6-5-7-9-13)11-15(3)10-12(2)17(14)16/h5-9,12H,4,10-11H2,1-3H3/t12-,14+,17-/m1/s1. The largest absolute Gasteiger partial charge is 0.615 e. The summed E-state index contributed by atoms with van der Waals surface area (Å²) in [6, 6.07) is 10.3. The zero-order valence-corrected chi connectivity index (χ0v) is 11.7. The van der Waals surface area contributed by atoms with Crippen LogP contribution in [-0.4, -0.2) is 34.8 Å². The monoisotopic (exact) mass is 251 g/mol. The van der Waals surface area contributed by atoms with E-state index in [9.17, 15) is 4.55 Å². The topological polar surface area (TPSA) is 26.3 Å². The first-order valence-electron chi connectivity index (χ1n) is 6.25. The van der Waals surface area contributed by atoms with Gasteiger partial charge in [-0.3, -0.25) is 4.90 Å². The first kappa shape index (κ1) is 12.9. The highest BCUT2D eigenvalue weighted by molar-refractivity contribution is 7.93. The van der Waals surface area contributed by atoms with Crippen LogP contribution >= 0.6 is 0 Å². The van der Waals surface area contributed by atoms with Crippen LogP contribution in [0.25, 0.3) is 0 Å². The van der Waals surface area contributed by atoms with Gasteiger partial charge in [0.2, 0.25) is 0 Å². The highest BCUT2D eigenvalue weighted by Crippen LogP contribution is 2.40. The molecule has 0 saturated carbocycles. The van der Waals surface area contributed by atoms with Crippen LogP contribution in [0, 0.1) is 0 Å². The van der Waals surface area contributed by atoms with Crippen LogP contribution in [0.15, 0.2) is 30.3 Å². The zero-order chi connectivity index (χ0) is 12.5. The second kappa shape index (κ2) is 5.01. The third-order valence-corrected chi connectivity index (χ3v) is 6.02. The van der Waals surface area contributed by atoms with Crippen molar-refractivity contribution in [3.63, 3.8) is 0 Å². The third-order valence-electron chi connectivity index (χ3n) is 3.72. The van der Waals surface area contributed by atoms with Crippen LogP contribution in [0.1, 0.15) is 25.8 Å². The van der Waals surface area contributed by atoms with Crippen LogP contribution < -0.4 is 0 Å². The minimum atomic E-state index is -0.795. The number of rotatable bonds is 2. The van der Waals surface area contributed by atoms with Crippen LogP contribution in [0.4, 0.5) is 0 Å². The Kier molecular flexibility index (Phi) is 3.81. The normalized spacial score (nSPS) is 34.8. The maximum Gasteiger partial charge on any atom is 0.163 e. The molecule has 94 valence electrons. The first-order chi connectivity index (χ1) is 8.10. The van der Waals surface area contributed by atoms with Gasteiger partial charge in [-0.05, 0) is 25.1 Å². The van der Waals surface area contributed by atoms with Crippen molar-refractivity contribution in [1.82, 2.24) is 4.90 Å². The highest BCUT2D eigenvalue weighted by Gasteiger charge is 2.49. The molecule has 1 fully saturated rings. The molecule has 0 N–H and O–H groups in total. The fraction of sp³-hybridized carbons (Fsp3) is 0.571. The SMILES string of the molecule is CC[C@@]1(c2ccccc2)CN(C)C[C@@H](C)[S@@+]1[O-]. The van der Waals surface area contributed by atoms with Crippen molar-refractivity contribution in [1.29, 1.82) is 0 Å². The van der Waals surface area contributed by atoms with Crippen LogP contribution in [-0.2, 0) is 15.9 Å². The second-order valence-electron chi connectivity index (χ2n) is 5.02. The van der Waals surface area contributed by atoms with Gasteiger partial charge >= 0.3 is 0 Å². The third kappa shape index (κ3) is 2.24. The van der Waals surface area contributed by atoms with Crippen molar-refractivity contribution >= 4 is 11.2 Å². The van der Waals surface area contributed by atoms with Crippen molar-refractivity contribution in [2.24, 2.45) is 0 Å². The summed E-state index contributed by atoms with van der Waals surface area (Å²) in [4.78, 5) is 2.31. The van der Waals surface area contributed by atoms with Crippen LogP contribution in [0.2, 0.25) is 0 Å². The van der Waals surface area contributed by atoms with Gasteiger partial charge in [-0.25, -0.2) is 0 Å². The van der Waals surface area contributed by atoms with E-state index < -0.39 is 11.2 Å². The lowest BCUT2D eigenvalue weighted by Gasteiger charge is -2.45. The molecule has 3 atom stereocenters. The number of hydrogen-bond acceptors (Lipinski definition) is 2. The van der Waals surface area contributed by atoms with Crippen molar-refractivity contribution < 1.29 is 4.55 Å². The van der Waals surface area contributed by atoms with E-state index in [4.69, 9.17) is 0 Å². The van der Waals surface area contributed by atoms with Gasteiger partial charge < -0.3 is 4.55 Å². The lowest BCUT2D eigenvalue weighted by molar-refractivity contribution is 0.260. The van der Waals surface area contributed by atoms with E-state index >= 15 is 0 Å². The van der Waals surface area contributed by atoms with Gasteiger partial charge in [0.1, 0.15) is 5.25 Å². The number of benzene rings is 1. The number of hydrogen-bond donors (Lipinski definition) is 0. The molecule has 1 saturated heterocycles. The average Bonchev–Trinajstić information content (AvgIpc) is 2.35. The maximum absolute atomic E-state index is 12.7. The van der Waals surface area contributed by atoms with Gasteiger partial charge in [-0.15, -0.1) is 0 Å². The molecule has 0 amide bonds. The minimum absolute atomic E-state index is 0.187. The van der Waals surface area contributed by atoms with Gasteiger partial charge in [0, 0.05) is 18.5 Å². The van der Waals surface area contributed by atoms with Crippen molar-refractivity contribution in [2.45, 2.75) is 30.3 Å². The molecule has 17 heavy (non-hydrogen) atoms. The summed E-state index contributed by atoms with van der Waals surface area (Å²) >= 11 is -0.795. The molecule has 0 aromatic heterocycles. The molecule has 2 rings (SSSR count). The molecule has 1 aliphatic rings. The molecular formula is C14H21NOS. The highest BCUT2D eigenvalue weighted by atomic mass is 32.2. The van der Waals surface area contributed by atoms with Gasteiger partial charge in [0.05, 0.1) is 6.54 Å². The second-order valence-corrected chi connectivity index (χ2v) is 7.20. The van der Waals surface area contributed by atoms with Gasteiger partial charge in [0.15, 0.2) is 4.75 Å². The van der Waals surface area contributed by atoms with Crippen LogP contribution in [0.3, 0.4) is 0 Å². The first-order valence-corrected chi connectivity index (χ1v) is 7.46. The smallest absolute Gasteiger partial charge is 0.163 e. The molecule has 3 heteroatoms. The van der Waals surface area contributed by atoms with Gasteiger partial charge in [0.25, 0.3) is 0 Å². The van der Waals surface area contributed by atoms with E-state index in [0.717, 1.165) is 19.5 Å². The quantitative estimate of drug-likeness (QED) is 0.754. The molecule has 1 heterocycles. The molecular weight excluding hydrogens is 230 g/mol. The Balaban J connectivity index is 2.41. The zero-order valence-electron chi connectivity index (χ0n) is 10.8.